The molecule has 10 heteroatoms. The Hall–Kier alpha value is -1.52. The van der Waals surface area contributed by atoms with Crippen LogP contribution in [0, 0.1) is 5.82 Å². The molecule has 2 aromatic rings. The third kappa shape index (κ3) is 4.36. The van der Waals surface area contributed by atoms with Crippen LogP contribution in [0.4, 0.5) is 4.39 Å². The molecule has 1 saturated heterocycles. The van der Waals surface area contributed by atoms with Gasteiger partial charge in [0.15, 0.2) is 0 Å². The first-order valence-electron chi connectivity index (χ1n) is 7.35. The molecule has 0 N–H and O–H groups in total. The van der Waals surface area contributed by atoms with Crippen molar-refractivity contribution in [2.45, 2.75) is 18.4 Å². The fraction of sp³-hybridized carbons (Fsp3) is 0.400. The van der Waals surface area contributed by atoms with Crippen LogP contribution in [0.1, 0.15) is 5.56 Å². The average Bonchev–Trinajstić information content (AvgIpc) is 3.15. The van der Waals surface area contributed by atoms with Gasteiger partial charge in [0.25, 0.3) is 10.1 Å². The lowest BCUT2D eigenvalue weighted by molar-refractivity contribution is -0.189. The second kappa shape index (κ2) is 7.00. The Morgan fingerprint density at radius 1 is 1.52 bits per heavy atom. The molecule has 3 rings (SSSR count). The molecule has 2 atom stereocenters. The highest BCUT2D eigenvalue weighted by atomic mass is 35.5. The molecule has 0 saturated carbocycles. The molecule has 136 valence electrons. The third-order valence-corrected chi connectivity index (χ3v) is 4.50. The molecule has 1 aromatic heterocycles. The molecule has 7 nitrogen and oxygen atoms in total. The Morgan fingerprint density at radius 2 is 2.32 bits per heavy atom. The van der Waals surface area contributed by atoms with E-state index >= 15 is 0 Å². The number of hydrogen-bond acceptors (Lipinski definition) is 6. The van der Waals surface area contributed by atoms with E-state index in [1.807, 2.05) is 0 Å². The van der Waals surface area contributed by atoms with Crippen molar-refractivity contribution in [2.75, 3.05) is 19.5 Å². The van der Waals surface area contributed by atoms with Crippen LogP contribution in [-0.2, 0) is 36.1 Å². The molecule has 0 bridgehead atoms. The summed E-state index contributed by atoms with van der Waals surface area (Å²) in [4.78, 5) is 3.97. The van der Waals surface area contributed by atoms with Gasteiger partial charge in [0.1, 0.15) is 11.9 Å². The van der Waals surface area contributed by atoms with Crippen molar-refractivity contribution in [1.29, 1.82) is 0 Å². The predicted molar refractivity (Wildman–Crippen MR) is 86.9 cm³/mol. The SMILES string of the molecule is CS(=O)(=O)OC[C@@H]1CO[C@@](Cn2ccnc2)(c2ccc(F)cc2Cl)O1. The van der Waals surface area contributed by atoms with Gasteiger partial charge in [0.2, 0.25) is 5.79 Å². The summed E-state index contributed by atoms with van der Waals surface area (Å²) < 4.78 is 54.1. The van der Waals surface area contributed by atoms with Gasteiger partial charge in [-0.1, -0.05) is 11.6 Å². The Kier molecular flexibility index (Phi) is 5.12. The first kappa shape index (κ1) is 18.3. The maximum absolute atomic E-state index is 13.4. The highest BCUT2D eigenvalue weighted by molar-refractivity contribution is 7.85. The van der Waals surface area contributed by atoms with Gasteiger partial charge in [-0.05, 0) is 18.2 Å². The monoisotopic (exact) mass is 390 g/mol. The van der Waals surface area contributed by atoms with Crippen LogP contribution in [0.5, 0.6) is 0 Å². The molecular formula is C15H16ClFN2O5S. The second-order valence-corrected chi connectivity index (χ2v) is 7.70. The molecule has 2 heterocycles. The highest BCUT2D eigenvalue weighted by Crippen LogP contribution is 2.40. The highest BCUT2D eigenvalue weighted by Gasteiger charge is 2.45. The minimum absolute atomic E-state index is 0.0952. The topological polar surface area (TPSA) is 79.7 Å². The molecule has 0 aliphatic carbocycles. The summed E-state index contributed by atoms with van der Waals surface area (Å²) in [5.41, 5.74) is 0.436. The Morgan fingerprint density at radius 3 is 2.96 bits per heavy atom. The van der Waals surface area contributed by atoms with E-state index < -0.39 is 27.8 Å². The van der Waals surface area contributed by atoms with Gasteiger partial charge in [-0.3, -0.25) is 4.18 Å². The summed E-state index contributed by atoms with van der Waals surface area (Å²) in [6.45, 7) is 0.106. The van der Waals surface area contributed by atoms with Crippen LogP contribution >= 0.6 is 11.6 Å². The fourth-order valence-corrected chi connectivity index (χ4v) is 3.28. The number of imidazole rings is 1. The van der Waals surface area contributed by atoms with Crippen molar-refractivity contribution in [3.63, 3.8) is 0 Å². The van der Waals surface area contributed by atoms with E-state index in [9.17, 15) is 12.8 Å². The molecule has 25 heavy (non-hydrogen) atoms. The standard InChI is InChI=1S/C15H16ClFN2O5S/c1-25(20,21)23-8-12-7-22-15(24-12,9-19-5-4-18-10-19)13-3-2-11(17)6-14(13)16/h2-6,10,12H,7-9H2,1H3/t12-,15+/m0/s1. The third-order valence-electron chi connectivity index (χ3n) is 3.62. The van der Waals surface area contributed by atoms with Gasteiger partial charge in [-0.25, -0.2) is 9.37 Å². The zero-order valence-corrected chi connectivity index (χ0v) is 14.8. The number of halogens is 2. The van der Waals surface area contributed by atoms with Gasteiger partial charge in [0, 0.05) is 18.0 Å². The first-order valence-corrected chi connectivity index (χ1v) is 9.54. The summed E-state index contributed by atoms with van der Waals surface area (Å²) in [6.07, 6.45) is 5.22. The summed E-state index contributed by atoms with van der Waals surface area (Å²) in [5.74, 6) is -1.79. The van der Waals surface area contributed by atoms with E-state index in [2.05, 4.69) is 4.98 Å². The lowest BCUT2D eigenvalue weighted by Crippen LogP contribution is -2.34. The average molecular weight is 391 g/mol. The molecule has 0 spiro atoms. The number of rotatable bonds is 6. The minimum atomic E-state index is -3.60. The number of ether oxygens (including phenoxy) is 2. The minimum Gasteiger partial charge on any atom is -0.342 e. The van der Waals surface area contributed by atoms with Crippen LogP contribution < -0.4 is 0 Å². The summed E-state index contributed by atoms with van der Waals surface area (Å²) in [7, 11) is -3.60. The maximum atomic E-state index is 13.4. The normalized spacial score (nSPS) is 23.9. The van der Waals surface area contributed by atoms with Crippen LogP contribution in [-0.4, -0.2) is 43.5 Å². The van der Waals surface area contributed by atoms with E-state index in [0.717, 1.165) is 6.26 Å². The van der Waals surface area contributed by atoms with Crippen LogP contribution in [0.2, 0.25) is 5.02 Å². The van der Waals surface area contributed by atoms with Gasteiger partial charge in [-0.15, -0.1) is 0 Å². The maximum Gasteiger partial charge on any atom is 0.264 e. The summed E-state index contributed by atoms with van der Waals surface area (Å²) in [5, 5.41) is 0.143. The van der Waals surface area contributed by atoms with Gasteiger partial charge in [0.05, 0.1) is 37.4 Å². The van der Waals surface area contributed by atoms with E-state index in [4.69, 9.17) is 25.3 Å². The van der Waals surface area contributed by atoms with Crippen molar-refractivity contribution in [3.05, 3.63) is 53.3 Å². The van der Waals surface area contributed by atoms with Crippen LogP contribution in [0.15, 0.2) is 36.9 Å². The van der Waals surface area contributed by atoms with E-state index in [0.29, 0.717) is 5.56 Å². The Labute approximate surface area is 149 Å². The zero-order chi connectivity index (χ0) is 18.1. The molecule has 0 radical (unpaired) electrons. The molecule has 1 aliphatic heterocycles. The zero-order valence-electron chi connectivity index (χ0n) is 13.3. The quantitative estimate of drug-likeness (QED) is 0.701. The van der Waals surface area contributed by atoms with Crippen LogP contribution in [0.3, 0.4) is 0 Å². The number of hydrogen-bond donors (Lipinski definition) is 0. The summed E-state index contributed by atoms with van der Waals surface area (Å²) >= 11 is 6.18. The molecular weight excluding hydrogens is 375 g/mol. The predicted octanol–water partition coefficient (Wildman–Crippen LogP) is 1.92. The van der Waals surface area contributed by atoms with Crippen LogP contribution in [0.25, 0.3) is 0 Å². The van der Waals surface area contributed by atoms with Gasteiger partial charge >= 0.3 is 0 Å². The van der Waals surface area contributed by atoms with Crippen molar-refractivity contribution in [3.8, 4) is 0 Å². The number of aromatic nitrogens is 2. The smallest absolute Gasteiger partial charge is 0.264 e. The Bertz CT molecular complexity index is 846. The Balaban J connectivity index is 1.88. The summed E-state index contributed by atoms with van der Waals surface area (Å²) in [6, 6.07) is 3.90. The number of nitrogens with zero attached hydrogens (tertiary/aromatic N) is 2. The molecule has 0 amide bonds. The molecule has 1 fully saturated rings. The largest absolute Gasteiger partial charge is 0.342 e. The number of benzene rings is 1. The molecule has 1 aliphatic rings. The lowest BCUT2D eigenvalue weighted by Gasteiger charge is -2.29. The van der Waals surface area contributed by atoms with Crippen molar-refractivity contribution >= 4 is 21.7 Å². The van der Waals surface area contributed by atoms with Crippen molar-refractivity contribution in [2.24, 2.45) is 0 Å². The molecule has 1 aromatic carbocycles. The lowest BCUT2D eigenvalue weighted by atomic mass is 10.1. The van der Waals surface area contributed by atoms with Gasteiger partial charge in [-0.2, -0.15) is 8.42 Å². The van der Waals surface area contributed by atoms with E-state index in [1.165, 1.54) is 18.2 Å². The van der Waals surface area contributed by atoms with Crippen molar-refractivity contribution in [1.82, 2.24) is 9.55 Å². The second-order valence-electron chi connectivity index (χ2n) is 5.65. The fourth-order valence-electron chi connectivity index (χ4n) is 2.57. The first-order chi connectivity index (χ1) is 11.8. The van der Waals surface area contributed by atoms with Crippen molar-refractivity contribution < 1.29 is 26.5 Å². The van der Waals surface area contributed by atoms with Gasteiger partial charge < -0.3 is 14.0 Å². The van der Waals surface area contributed by atoms with E-state index in [1.54, 1.807) is 23.3 Å². The van der Waals surface area contributed by atoms with E-state index in [-0.39, 0.29) is 24.8 Å². The molecule has 0 unspecified atom stereocenters.